The third kappa shape index (κ3) is 2.32. The summed E-state index contributed by atoms with van der Waals surface area (Å²) in [6.45, 7) is 7.50. The van der Waals surface area contributed by atoms with Crippen molar-refractivity contribution < 1.29 is 4.74 Å². The molecule has 0 spiro atoms. The highest BCUT2D eigenvalue weighted by Gasteiger charge is 2.15. The minimum absolute atomic E-state index is 0.689. The van der Waals surface area contributed by atoms with E-state index in [4.69, 9.17) is 4.74 Å². The molecule has 0 saturated carbocycles. The van der Waals surface area contributed by atoms with Crippen molar-refractivity contribution in [2.75, 3.05) is 26.8 Å². The predicted octanol–water partition coefficient (Wildman–Crippen LogP) is 1.58. The Morgan fingerprint density at radius 3 is 3.00 bits per heavy atom. The van der Waals surface area contributed by atoms with Crippen molar-refractivity contribution in [3.8, 4) is 0 Å². The number of nitrogens with one attached hydrogen (secondary N) is 1. The van der Waals surface area contributed by atoms with E-state index in [1.165, 1.54) is 12.0 Å². The molecule has 1 rings (SSSR count). The SMILES string of the molecule is COC/C(C)=C1\CCNCC1C. The minimum Gasteiger partial charge on any atom is -0.380 e. The summed E-state index contributed by atoms with van der Waals surface area (Å²) in [4.78, 5) is 0. The Morgan fingerprint density at radius 2 is 2.42 bits per heavy atom. The van der Waals surface area contributed by atoms with Crippen molar-refractivity contribution >= 4 is 0 Å². The number of hydrogen-bond acceptors (Lipinski definition) is 2. The lowest BCUT2D eigenvalue weighted by Crippen LogP contribution is -2.30. The highest BCUT2D eigenvalue weighted by Crippen LogP contribution is 2.21. The lowest BCUT2D eigenvalue weighted by Gasteiger charge is -2.25. The summed E-state index contributed by atoms with van der Waals surface area (Å²) in [5, 5.41) is 3.39. The maximum Gasteiger partial charge on any atom is 0.0673 e. The zero-order valence-electron chi connectivity index (χ0n) is 8.31. The molecule has 1 fully saturated rings. The number of methoxy groups -OCH3 is 1. The van der Waals surface area contributed by atoms with Crippen LogP contribution in [-0.2, 0) is 4.74 Å². The highest BCUT2D eigenvalue weighted by atomic mass is 16.5. The van der Waals surface area contributed by atoms with Crippen LogP contribution in [0.4, 0.5) is 0 Å². The molecule has 0 aliphatic carbocycles. The Bertz CT molecular complexity index is 175. The van der Waals surface area contributed by atoms with Gasteiger partial charge in [-0.3, -0.25) is 0 Å². The Labute approximate surface area is 75.0 Å². The molecule has 1 heterocycles. The Hall–Kier alpha value is -0.340. The Balaban J connectivity index is 2.61. The van der Waals surface area contributed by atoms with Crippen molar-refractivity contribution in [1.82, 2.24) is 5.32 Å². The second-order valence-electron chi connectivity index (χ2n) is 3.59. The van der Waals surface area contributed by atoms with Crippen LogP contribution in [0, 0.1) is 5.92 Å². The van der Waals surface area contributed by atoms with Crippen molar-refractivity contribution in [2.24, 2.45) is 5.92 Å². The minimum atomic E-state index is 0.689. The molecule has 0 amide bonds. The molecule has 0 bridgehead atoms. The largest absolute Gasteiger partial charge is 0.380 e. The lowest BCUT2D eigenvalue weighted by molar-refractivity contribution is 0.223. The normalized spacial score (nSPS) is 28.8. The van der Waals surface area contributed by atoms with Gasteiger partial charge in [0.2, 0.25) is 0 Å². The molecule has 2 nitrogen and oxygen atoms in total. The van der Waals surface area contributed by atoms with E-state index < -0.39 is 0 Å². The summed E-state index contributed by atoms with van der Waals surface area (Å²) in [6.07, 6.45) is 1.19. The van der Waals surface area contributed by atoms with Gasteiger partial charge < -0.3 is 10.1 Å². The van der Waals surface area contributed by atoms with Crippen molar-refractivity contribution in [3.05, 3.63) is 11.1 Å². The Morgan fingerprint density at radius 1 is 1.67 bits per heavy atom. The summed E-state index contributed by atoms with van der Waals surface area (Å²) < 4.78 is 5.13. The van der Waals surface area contributed by atoms with Crippen molar-refractivity contribution in [3.63, 3.8) is 0 Å². The molecule has 1 aliphatic heterocycles. The number of rotatable bonds is 2. The third-order valence-electron chi connectivity index (χ3n) is 2.53. The van der Waals surface area contributed by atoms with E-state index in [1.807, 2.05) is 0 Å². The lowest BCUT2D eigenvalue weighted by atomic mass is 9.91. The molecule has 70 valence electrons. The Kier molecular flexibility index (Phi) is 3.76. The maximum atomic E-state index is 5.13. The molecule has 0 aromatic heterocycles. The average Bonchev–Trinajstić information content (AvgIpc) is 2.05. The van der Waals surface area contributed by atoms with Crippen LogP contribution in [0.2, 0.25) is 0 Å². The van der Waals surface area contributed by atoms with Gasteiger partial charge in [-0.15, -0.1) is 0 Å². The van der Waals surface area contributed by atoms with Gasteiger partial charge in [-0.25, -0.2) is 0 Å². The smallest absolute Gasteiger partial charge is 0.0673 e. The fourth-order valence-electron chi connectivity index (χ4n) is 1.85. The van der Waals surface area contributed by atoms with Gasteiger partial charge in [0, 0.05) is 13.7 Å². The molecule has 1 saturated heterocycles. The summed E-state index contributed by atoms with van der Waals surface area (Å²) >= 11 is 0. The van der Waals surface area contributed by atoms with Crippen LogP contribution < -0.4 is 5.32 Å². The van der Waals surface area contributed by atoms with E-state index >= 15 is 0 Å². The van der Waals surface area contributed by atoms with Crippen LogP contribution in [0.5, 0.6) is 0 Å². The number of ether oxygens (including phenoxy) is 1. The van der Waals surface area contributed by atoms with Gasteiger partial charge in [0.1, 0.15) is 0 Å². The zero-order valence-corrected chi connectivity index (χ0v) is 8.31. The van der Waals surface area contributed by atoms with Gasteiger partial charge in [-0.2, -0.15) is 0 Å². The van der Waals surface area contributed by atoms with Gasteiger partial charge in [0.25, 0.3) is 0 Å². The van der Waals surface area contributed by atoms with Gasteiger partial charge >= 0.3 is 0 Å². The van der Waals surface area contributed by atoms with E-state index in [1.54, 1.807) is 12.7 Å². The molecule has 1 N–H and O–H groups in total. The third-order valence-corrected chi connectivity index (χ3v) is 2.53. The van der Waals surface area contributed by atoms with E-state index in [-0.39, 0.29) is 0 Å². The topological polar surface area (TPSA) is 21.3 Å². The first kappa shape index (κ1) is 9.75. The monoisotopic (exact) mass is 169 g/mol. The van der Waals surface area contributed by atoms with Gasteiger partial charge in [-0.1, -0.05) is 12.5 Å². The summed E-state index contributed by atoms with van der Waals surface area (Å²) in [5.41, 5.74) is 3.02. The van der Waals surface area contributed by atoms with Crippen LogP contribution in [-0.4, -0.2) is 26.8 Å². The standard InChI is InChI=1S/C10H19NO/c1-8-6-11-5-4-10(8)9(2)7-12-3/h8,11H,4-7H2,1-3H3/b10-9+. The highest BCUT2D eigenvalue weighted by molar-refractivity contribution is 5.17. The number of hydrogen-bond donors (Lipinski definition) is 1. The van der Waals surface area contributed by atoms with Crippen LogP contribution in [0.25, 0.3) is 0 Å². The summed E-state index contributed by atoms with van der Waals surface area (Å²) in [5.74, 6) is 0.689. The molecule has 0 radical (unpaired) electrons. The van der Waals surface area contributed by atoms with E-state index in [0.717, 1.165) is 19.7 Å². The molecule has 0 aromatic carbocycles. The maximum absolute atomic E-state index is 5.13. The number of piperidine rings is 1. The first-order chi connectivity index (χ1) is 5.75. The molecular formula is C10H19NO. The molecular weight excluding hydrogens is 150 g/mol. The average molecular weight is 169 g/mol. The first-order valence-corrected chi connectivity index (χ1v) is 4.64. The van der Waals surface area contributed by atoms with E-state index in [0.29, 0.717) is 5.92 Å². The quantitative estimate of drug-likeness (QED) is 0.634. The molecule has 0 aromatic rings. The van der Waals surface area contributed by atoms with Crippen molar-refractivity contribution in [1.29, 1.82) is 0 Å². The van der Waals surface area contributed by atoms with Gasteiger partial charge in [0.15, 0.2) is 0 Å². The summed E-state index contributed by atoms with van der Waals surface area (Å²) in [6, 6.07) is 0. The molecule has 12 heavy (non-hydrogen) atoms. The van der Waals surface area contributed by atoms with Crippen LogP contribution >= 0.6 is 0 Å². The second-order valence-corrected chi connectivity index (χ2v) is 3.59. The van der Waals surface area contributed by atoms with E-state index in [2.05, 4.69) is 19.2 Å². The van der Waals surface area contributed by atoms with Crippen LogP contribution in [0.15, 0.2) is 11.1 Å². The fourth-order valence-corrected chi connectivity index (χ4v) is 1.85. The predicted molar refractivity (Wildman–Crippen MR) is 51.2 cm³/mol. The van der Waals surface area contributed by atoms with E-state index in [9.17, 15) is 0 Å². The fraction of sp³-hybridized carbons (Fsp3) is 0.800. The van der Waals surface area contributed by atoms with Crippen LogP contribution in [0.1, 0.15) is 20.3 Å². The summed E-state index contributed by atoms with van der Waals surface area (Å²) in [7, 11) is 1.76. The first-order valence-electron chi connectivity index (χ1n) is 4.64. The van der Waals surface area contributed by atoms with Gasteiger partial charge in [-0.05, 0) is 31.4 Å². The molecule has 1 aliphatic rings. The van der Waals surface area contributed by atoms with Gasteiger partial charge in [0.05, 0.1) is 6.61 Å². The van der Waals surface area contributed by atoms with Crippen molar-refractivity contribution in [2.45, 2.75) is 20.3 Å². The zero-order chi connectivity index (χ0) is 8.97. The molecule has 1 unspecified atom stereocenters. The van der Waals surface area contributed by atoms with Crippen LogP contribution in [0.3, 0.4) is 0 Å². The molecule has 2 heteroatoms. The second kappa shape index (κ2) is 4.63. The molecule has 1 atom stereocenters.